The second-order valence-corrected chi connectivity index (χ2v) is 13.2. The third-order valence-electron chi connectivity index (χ3n) is 10.9. The van der Waals surface area contributed by atoms with Crippen molar-refractivity contribution in [2.24, 2.45) is 0 Å². The molecule has 226 valence electrons. The Hall–Kier alpha value is -2.53. The Morgan fingerprint density at radius 3 is 2.64 bits per heavy atom. The van der Waals surface area contributed by atoms with Crippen LogP contribution in [0.1, 0.15) is 87.7 Å². The Kier molecular flexibility index (Phi) is 6.62. The van der Waals surface area contributed by atoms with Gasteiger partial charge in [-0.05, 0) is 84.9 Å². The number of likely N-dealkylation sites (N-methyl/N-ethyl adjacent to an activating group) is 1. The van der Waals surface area contributed by atoms with Gasteiger partial charge in [-0.1, -0.05) is 11.6 Å². The molecule has 0 amide bonds. The van der Waals surface area contributed by atoms with Crippen molar-refractivity contribution in [3.63, 3.8) is 0 Å². The molecule has 1 saturated carbocycles. The van der Waals surface area contributed by atoms with E-state index in [4.69, 9.17) is 38.6 Å². The summed E-state index contributed by atoms with van der Waals surface area (Å²) >= 11 is 0. The zero-order valence-electron chi connectivity index (χ0n) is 25.2. The molecule has 0 aromatic carbocycles. The number of hydrogen-bond donors (Lipinski definition) is 0. The Morgan fingerprint density at radius 2 is 1.86 bits per heavy atom. The van der Waals surface area contributed by atoms with Crippen LogP contribution in [0.25, 0.3) is 22.6 Å². The normalized spacial score (nSPS) is 30.1. The van der Waals surface area contributed by atoms with Crippen molar-refractivity contribution in [1.29, 1.82) is 0 Å². The molecule has 0 N–H and O–H groups in total. The lowest BCUT2D eigenvalue weighted by atomic mass is 9.61. The summed E-state index contributed by atoms with van der Waals surface area (Å²) in [6.45, 7) is 8.13. The van der Waals surface area contributed by atoms with Crippen LogP contribution in [0, 0.1) is 6.92 Å². The van der Waals surface area contributed by atoms with E-state index in [2.05, 4.69) is 36.4 Å². The Bertz CT molecular complexity index is 1470. The Balaban J connectivity index is 1.26. The average molecular weight is 578 g/mol. The highest BCUT2D eigenvalue weighted by Gasteiger charge is 2.61. The van der Waals surface area contributed by atoms with E-state index in [1.54, 1.807) is 0 Å². The van der Waals surface area contributed by atoms with Crippen LogP contribution in [0.5, 0.6) is 5.88 Å². The largest absolute Gasteiger partial charge is 0.472 e. The van der Waals surface area contributed by atoms with Crippen molar-refractivity contribution in [3.8, 4) is 17.5 Å². The van der Waals surface area contributed by atoms with Gasteiger partial charge in [-0.3, -0.25) is 4.90 Å². The van der Waals surface area contributed by atoms with Gasteiger partial charge in [0.05, 0.1) is 42.4 Å². The minimum absolute atomic E-state index is 0.00686. The molecule has 3 aromatic heterocycles. The summed E-state index contributed by atoms with van der Waals surface area (Å²) < 4.78 is 33.9. The number of aromatic nitrogens is 4. The van der Waals surface area contributed by atoms with Gasteiger partial charge in [0, 0.05) is 30.3 Å². The fraction of sp³-hybridized carbons (Fsp3) is 0.719. The molecule has 2 aliphatic carbocycles. The number of hydrogen-bond acceptors (Lipinski definition) is 9. The van der Waals surface area contributed by atoms with E-state index >= 15 is 0 Å². The Morgan fingerprint density at radius 1 is 1.02 bits per heavy atom. The van der Waals surface area contributed by atoms with Gasteiger partial charge in [-0.25, -0.2) is 4.98 Å². The first-order chi connectivity index (χ1) is 20.5. The zero-order chi connectivity index (χ0) is 28.5. The first-order valence-electron chi connectivity index (χ1n) is 16.1. The molecule has 3 aromatic rings. The number of ether oxygens (including phenoxy) is 4. The quantitative estimate of drug-likeness (QED) is 0.410. The zero-order valence-corrected chi connectivity index (χ0v) is 25.2. The summed E-state index contributed by atoms with van der Waals surface area (Å²) in [7, 11) is 2.19. The Labute approximate surface area is 247 Å². The minimum Gasteiger partial charge on any atom is -0.472 e. The van der Waals surface area contributed by atoms with Crippen molar-refractivity contribution in [1.82, 2.24) is 24.6 Å². The second-order valence-electron chi connectivity index (χ2n) is 13.2. The van der Waals surface area contributed by atoms with E-state index in [0.717, 1.165) is 98.9 Å². The van der Waals surface area contributed by atoms with Gasteiger partial charge in [0.15, 0.2) is 5.79 Å². The maximum atomic E-state index is 6.74. The number of nitrogens with zero attached hydrogens (tertiary/aromatic N) is 5. The van der Waals surface area contributed by atoms with Gasteiger partial charge in [0.1, 0.15) is 11.8 Å². The van der Waals surface area contributed by atoms with Gasteiger partial charge >= 0.3 is 0 Å². The third kappa shape index (κ3) is 4.01. The highest BCUT2D eigenvalue weighted by molar-refractivity contribution is 5.84. The number of likely N-dealkylation sites (tertiary alicyclic amines) is 1. The van der Waals surface area contributed by atoms with Crippen LogP contribution in [-0.2, 0) is 26.0 Å². The minimum atomic E-state index is -0.606. The molecule has 1 unspecified atom stereocenters. The predicted molar refractivity (Wildman–Crippen MR) is 156 cm³/mol. The van der Waals surface area contributed by atoms with E-state index in [1.807, 2.05) is 0 Å². The molecule has 3 saturated heterocycles. The summed E-state index contributed by atoms with van der Waals surface area (Å²) in [6, 6.07) is 2.77. The lowest BCUT2D eigenvalue weighted by Crippen LogP contribution is -2.56. The number of aryl methyl sites for hydroxylation is 1. The number of fused-ring (bicyclic) bond motifs is 4. The molecule has 5 aliphatic rings. The summed E-state index contributed by atoms with van der Waals surface area (Å²) in [5, 5.41) is 5.73. The van der Waals surface area contributed by atoms with Crippen LogP contribution >= 0.6 is 0 Å². The van der Waals surface area contributed by atoms with Crippen molar-refractivity contribution in [3.05, 3.63) is 23.0 Å². The lowest BCUT2D eigenvalue weighted by molar-refractivity contribution is -0.231. The second kappa shape index (κ2) is 10.3. The molecule has 4 atom stereocenters. The molecule has 0 bridgehead atoms. The summed E-state index contributed by atoms with van der Waals surface area (Å²) in [5.41, 5.74) is 3.82. The topological polar surface area (TPSA) is 96.9 Å². The van der Waals surface area contributed by atoms with Gasteiger partial charge in [-0.2, -0.15) is 4.98 Å². The summed E-state index contributed by atoms with van der Waals surface area (Å²) in [5.74, 6) is 1.22. The summed E-state index contributed by atoms with van der Waals surface area (Å²) in [6.07, 6.45) is 10.3. The van der Waals surface area contributed by atoms with E-state index in [-0.39, 0.29) is 17.6 Å². The first-order valence-corrected chi connectivity index (χ1v) is 16.1. The number of rotatable bonds is 5. The fourth-order valence-electron chi connectivity index (χ4n) is 8.84. The van der Waals surface area contributed by atoms with Crippen molar-refractivity contribution in [2.45, 2.75) is 107 Å². The monoisotopic (exact) mass is 577 g/mol. The van der Waals surface area contributed by atoms with Crippen LogP contribution in [0.2, 0.25) is 0 Å². The van der Waals surface area contributed by atoms with E-state index in [1.165, 1.54) is 6.42 Å². The van der Waals surface area contributed by atoms with E-state index in [9.17, 15) is 0 Å². The van der Waals surface area contributed by atoms with Crippen LogP contribution in [-0.4, -0.2) is 82.5 Å². The maximum Gasteiger partial charge on any atom is 0.227 e. The molecule has 8 rings (SSSR count). The summed E-state index contributed by atoms with van der Waals surface area (Å²) in [4.78, 5) is 12.7. The van der Waals surface area contributed by atoms with Gasteiger partial charge in [0.2, 0.25) is 17.5 Å². The predicted octanol–water partition coefficient (Wildman–Crippen LogP) is 5.11. The molecule has 4 fully saturated rings. The third-order valence-corrected chi connectivity index (χ3v) is 10.9. The lowest BCUT2D eigenvalue weighted by Gasteiger charge is -2.50. The fourth-order valence-corrected chi connectivity index (χ4v) is 8.84. The van der Waals surface area contributed by atoms with E-state index in [0.29, 0.717) is 43.3 Å². The SMILES string of the molecule is Cc1cc2c(O[C@@H](C)[C@@H]3CCCN3C)nc(-c3onc4c3CCC[C@@]43CCCCC34OCCO4)nc2n1C1CCOC1. The highest BCUT2D eigenvalue weighted by Crippen LogP contribution is 2.57. The van der Waals surface area contributed by atoms with Crippen LogP contribution < -0.4 is 4.74 Å². The maximum absolute atomic E-state index is 6.74. The van der Waals surface area contributed by atoms with Crippen LogP contribution in [0.15, 0.2) is 10.6 Å². The van der Waals surface area contributed by atoms with Gasteiger partial charge in [-0.15, -0.1) is 0 Å². The highest BCUT2D eigenvalue weighted by atomic mass is 16.7. The van der Waals surface area contributed by atoms with Crippen molar-refractivity contribution < 1.29 is 23.5 Å². The van der Waals surface area contributed by atoms with Gasteiger partial charge in [0.25, 0.3) is 0 Å². The molecule has 10 nitrogen and oxygen atoms in total. The molecular weight excluding hydrogens is 534 g/mol. The van der Waals surface area contributed by atoms with Crippen LogP contribution in [0.3, 0.4) is 0 Å². The van der Waals surface area contributed by atoms with E-state index < -0.39 is 5.79 Å². The van der Waals surface area contributed by atoms with Crippen LogP contribution in [0.4, 0.5) is 0 Å². The van der Waals surface area contributed by atoms with Crippen molar-refractivity contribution in [2.75, 3.05) is 40.0 Å². The smallest absolute Gasteiger partial charge is 0.227 e. The average Bonchev–Trinajstić information content (AvgIpc) is 3.81. The standard InChI is InChI=1S/C32H43N5O5/c1-20-18-24-29(37(20)22-10-15-38-19-22)33-28(34-30(24)41-21(2)25-9-7-14-36(25)3)26-23-8-6-12-31(27(23)35-42-26)11-4-5-13-32(31)39-16-17-40-32/h18,21-22,25H,4-17,19H2,1-3H3/t21-,22?,25-,31-/m0/s1. The molecule has 42 heavy (non-hydrogen) atoms. The molecule has 0 radical (unpaired) electrons. The molecule has 10 heteroatoms. The molecular formula is C32H43N5O5. The molecule has 6 heterocycles. The molecule has 2 spiro atoms. The molecule has 3 aliphatic heterocycles. The van der Waals surface area contributed by atoms with Crippen molar-refractivity contribution >= 4 is 11.0 Å². The van der Waals surface area contributed by atoms with Gasteiger partial charge < -0.3 is 28.0 Å². The first kappa shape index (κ1) is 27.0.